The van der Waals surface area contributed by atoms with Crippen LogP contribution in [0, 0.1) is 11.3 Å². The Kier molecular flexibility index (Phi) is 4.04. The van der Waals surface area contributed by atoms with Gasteiger partial charge in [0.25, 0.3) is 0 Å². The average Bonchev–Trinajstić information content (AvgIpc) is 2.92. The van der Waals surface area contributed by atoms with Crippen molar-refractivity contribution >= 4 is 37.5 Å². The van der Waals surface area contributed by atoms with Crippen LogP contribution in [-0.4, -0.2) is 6.79 Å². The number of nitriles is 1. The van der Waals surface area contributed by atoms with E-state index in [-0.39, 0.29) is 6.79 Å². The number of hydrogen-bond acceptors (Lipinski definition) is 4. The Hall–Kier alpha value is -1.71. The van der Waals surface area contributed by atoms with Crippen molar-refractivity contribution in [2.45, 2.75) is 6.54 Å². The van der Waals surface area contributed by atoms with Gasteiger partial charge in [-0.05, 0) is 35.9 Å². The van der Waals surface area contributed by atoms with Gasteiger partial charge in [-0.15, -0.1) is 0 Å². The molecule has 1 heterocycles. The fraction of sp³-hybridized carbons (Fsp3) is 0.133. The van der Waals surface area contributed by atoms with E-state index in [2.05, 4.69) is 43.2 Å². The van der Waals surface area contributed by atoms with Crippen LogP contribution in [0.3, 0.4) is 0 Å². The van der Waals surface area contributed by atoms with E-state index in [1.54, 1.807) is 6.07 Å². The summed E-state index contributed by atoms with van der Waals surface area (Å²) in [7, 11) is 0. The lowest BCUT2D eigenvalue weighted by Gasteiger charge is -2.11. The van der Waals surface area contributed by atoms with Crippen molar-refractivity contribution in [2.24, 2.45) is 0 Å². The van der Waals surface area contributed by atoms with Gasteiger partial charge in [0, 0.05) is 15.5 Å². The van der Waals surface area contributed by atoms with E-state index in [1.807, 2.05) is 24.3 Å². The lowest BCUT2D eigenvalue weighted by molar-refractivity contribution is 0.174. The molecule has 0 fully saturated rings. The molecule has 0 aliphatic carbocycles. The molecule has 1 N–H and O–H groups in total. The first kappa shape index (κ1) is 14.2. The van der Waals surface area contributed by atoms with E-state index in [0.717, 1.165) is 31.7 Å². The van der Waals surface area contributed by atoms with Gasteiger partial charge in [-0.1, -0.05) is 31.9 Å². The number of fused-ring (bicyclic) bond motifs is 1. The number of ether oxygens (including phenoxy) is 2. The molecule has 0 saturated carbocycles. The molecule has 3 rings (SSSR count). The van der Waals surface area contributed by atoms with E-state index in [0.29, 0.717) is 12.1 Å². The third-order valence-corrected chi connectivity index (χ3v) is 4.34. The summed E-state index contributed by atoms with van der Waals surface area (Å²) in [6.45, 7) is 0.831. The maximum absolute atomic E-state index is 9.16. The van der Waals surface area contributed by atoms with Crippen LogP contribution < -0.4 is 14.8 Å². The molecule has 4 nitrogen and oxygen atoms in total. The molecule has 106 valence electrons. The van der Waals surface area contributed by atoms with Gasteiger partial charge < -0.3 is 14.8 Å². The minimum Gasteiger partial charge on any atom is -0.454 e. The molecule has 0 aromatic heterocycles. The molecule has 1 aliphatic rings. The van der Waals surface area contributed by atoms with Gasteiger partial charge in [0.1, 0.15) is 6.07 Å². The van der Waals surface area contributed by atoms with Gasteiger partial charge in [0.2, 0.25) is 6.79 Å². The van der Waals surface area contributed by atoms with Gasteiger partial charge in [-0.3, -0.25) is 0 Å². The Labute approximate surface area is 138 Å². The second-order valence-corrected chi connectivity index (χ2v) is 6.22. The van der Waals surface area contributed by atoms with Crippen molar-refractivity contribution < 1.29 is 9.47 Å². The number of rotatable bonds is 3. The van der Waals surface area contributed by atoms with Crippen molar-refractivity contribution in [1.29, 1.82) is 5.26 Å². The minimum absolute atomic E-state index is 0.254. The van der Waals surface area contributed by atoms with Gasteiger partial charge in [0.05, 0.1) is 11.3 Å². The number of anilines is 1. The van der Waals surface area contributed by atoms with Crippen LogP contribution in [0.4, 0.5) is 5.69 Å². The molecule has 1 aliphatic heterocycles. The molecule has 2 aromatic carbocycles. The van der Waals surface area contributed by atoms with Crippen LogP contribution in [0.5, 0.6) is 11.5 Å². The van der Waals surface area contributed by atoms with Crippen LogP contribution in [-0.2, 0) is 6.54 Å². The summed E-state index contributed by atoms with van der Waals surface area (Å²) in [5.41, 5.74) is 2.43. The smallest absolute Gasteiger partial charge is 0.231 e. The summed E-state index contributed by atoms with van der Waals surface area (Å²) in [5.74, 6) is 1.48. The average molecular weight is 410 g/mol. The zero-order valence-electron chi connectivity index (χ0n) is 10.8. The molecule has 0 radical (unpaired) electrons. The van der Waals surface area contributed by atoms with Crippen molar-refractivity contribution in [1.82, 2.24) is 0 Å². The zero-order valence-corrected chi connectivity index (χ0v) is 14.0. The highest BCUT2D eigenvalue weighted by Crippen LogP contribution is 2.37. The quantitative estimate of drug-likeness (QED) is 0.814. The van der Waals surface area contributed by atoms with E-state index in [4.69, 9.17) is 14.7 Å². The Morgan fingerprint density at radius 3 is 2.67 bits per heavy atom. The van der Waals surface area contributed by atoms with E-state index in [9.17, 15) is 0 Å². The molecule has 0 bridgehead atoms. The summed E-state index contributed by atoms with van der Waals surface area (Å²) >= 11 is 6.88. The van der Waals surface area contributed by atoms with Crippen LogP contribution in [0.2, 0.25) is 0 Å². The SMILES string of the molecule is N#Cc1cc(Br)ccc1NCc1cc2c(cc1Br)OCO2. The Bertz CT molecular complexity index is 741. The third-order valence-electron chi connectivity index (χ3n) is 3.11. The topological polar surface area (TPSA) is 54.3 Å². The Morgan fingerprint density at radius 2 is 1.90 bits per heavy atom. The predicted molar refractivity (Wildman–Crippen MR) is 86.4 cm³/mol. The van der Waals surface area contributed by atoms with Crippen LogP contribution >= 0.6 is 31.9 Å². The summed E-state index contributed by atoms with van der Waals surface area (Å²) in [5, 5.41) is 12.4. The highest BCUT2D eigenvalue weighted by atomic mass is 79.9. The Balaban J connectivity index is 1.81. The largest absolute Gasteiger partial charge is 0.454 e. The van der Waals surface area contributed by atoms with Gasteiger partial charge >= 0.3 is 0 Å². The number of nitrogens with zero attached hydrogens (tertiary/aromatic N) is 1. The van der Waals surface area contributed by atoms with E-state index < -0.39 is 0 Å². The van der Waals surface area contributed by atoms with Crippen LogP contribution in [0.15, 0.2) is 39.3 Å². The standard InChI is InChI=1S/C15H10Br2N2O2/c16-11-1-2-13(9(3-11)6-18)19-7-10-4-14-15(5-12(10)17)21-8-20-14/h1-5,19H,7-8H2. The van der Waals surface area contributed by atoms with Crippen molar-refractivity contribution in [2.75, 3.05) is 12.1 Å². The summed E-state index contributed by atoms with van der Waals surface area (Å²) < 4.78 is 12.5. The molecule has 0 unspecified atom stereocenters. The summed E-state index contributed by atoms with van der Waals surface area (Å²) in [6, 6.07) is 11.6. The first-order valence-electron chi connectivity index (χ1n) is 6.19. The number of hydrogen-bond donors (Lipinski definition) is 1. The predicted octanol–water partition coefficient (Wildman–Crippen LogP) is 4.42. The van der Waals surface area contributed by atoms with Gasteiger partial charge in [-0.2, -0.15) is 5.26 Å². The molecule has 21 heavy (non-hydrogen) atoms. The number of nitrogens with one attached hydrogen (secondary N) is 1. The van der Waals surface area contributed by atoms with Gasteiger partial charge in [0.15, 0.2) is 11.5 Å². The second-order valence-electron chi connectivity index (χ2n) is 4.45. The lowest BCUT2D eigenvalue weighted by Crippen LogP contribution is -2.02. The molecule has 0 amide bonds. The molecule has 0 spiro atoms. The van der Waals surface area contributed by atoms with Crippen molar-refractivity contribution in [3.8, 4) is 17.6 Å². The third kappa shape index (κ3) is 2.99. The zero-order chi connectivity index (χ0) is 14.8. The fourth-order valence-corrected chi connectivity index (χ4v) is 2.87. The second kappa shape index (κ2) is 5.96. The first-order chi connectivity index (χ1) is 10.2. The van der Waals surface area contributed by atoms with Crippen molar-refractivity contribution in [3.05, 3.63) is 50.4 Å². The normalized spacial score (nSPS) is 12.0. The maximum atomic E-state index is 9.16. The number of benzene rings is 2. The van der Waals surface area contributed by atoms with Crippen LogP contribution in [0.25, 0.3) is 0 Å². The van der Waals surface area contributed by atoms with E-state index >= 15 is 0 Å². The van der Waals surface area contributed by atoms with Gasteiger partial charge in [-0.25, -0.2) is 0 Å². The highest BCUT2D eigenvalue weighted by Gasteiger charge is 2.16. The van der Waals surface area contributed by atoms with E-state index in [1.165, 1.54) is 0 Å². The fourth-order valence-electron chi connectivity index (χ4n) is 2.05. The molecule has 6 heteroatoms. The van der Waals surface area contributed by atoms with Crippen LogP contribution in [0.1, 0.15) is 11.1 Å². The summed E-state index contributed by atoms with van der Waals surface area (Å²) in [4.78, 5) is 0. The number of halogens is 2. The molecular weight excluding hydrogens is 400 g/mol. The molecule has 0 saturated heterocycles. The minimum atomic E-state index is 0.254. The lowest BCUT2D eigenvalue weighted by atomic mass is 10.1. The monoisotopic (exact) mass is 408 g/mol. The Morgan fingerprint density at radius 1 is 1.14 bits per heavy atom. The summed E-state index contributed by atoms with van der Waals surface area (Å²) in [6.07, 6.45) is 0. The molecule has 2 aromatic rings. The highest BCUT2D eigenvalue weighted by molar-refractivity contribution is 9.10. The van der Waals surface area contributed by atoms with Crippen molar-refractivity contribution in [3.63, 3.8) is 0 Å². The first-order valence-corrected chi connectivity index (χ1v) is 7.77. The maximum Gasteiger partial charge on any atom is 0.231 e. The molecule has 0 atom stereocenters. The molecular formula is C15H10Br2N2O2.